The van der Waals surface area contributed by atoms with Crippen molar-refractivity contribution in [2.75, 3.05) is 11.9 Å². The first-order valence-corrected chi connectivity index (χ1v) is 7.94. The van der Waals surface area contributed by atoms with Gasteiger partial charge >= 0.3 is 12.8 Å². The molecule has 10 heteroatoms. The fourth-order valence-corrected chi connectivity index (χ4v) is 2.15. The van der Waals surface area contributed by atoms with Crippen LogP contribution in [0.3, 0.4) is 0 Å². The second kappa shape index (κ2) is 9.54. The minimum Gasteiger partial charge on any atom is -0.483 e. The molecule has 0 saturated carbocycles. The number of para-hydroxylation sites is 1. The summed E-state index contributed by atoms with van der Waals surface area (Å²) in [6, 6.07) is 11.0. The first-order valence-electron chi connectivity index (χ1n) is 7.94. The lowest BCUT2D eigenvalue weighted by molar-refractivity contribution is -0.153. The number of hydrogen-bond donors (Lipinski definition) is 1. The Bertz CT molecular complexity index is 936. The van der Waals surface area contributed by atoms with Crippen molar-refractivity contribution < 1.29 is 36.2 Å². The molecule has 0 spiro atoms. The molecule has 1 amide bonds. The van der Waals surface area contributed by atoms with Gasteiger partial charge in [0.15, 0.2) is 6.61 Å². The Morgan fingerprint density at radius 2 is 1.90 bits per heavy atom. The van der Waals surface area contributed by atoms with Gasteiger partial charge < -0.3 is 14.8 Å². The molecule has 0 heterocycles. The van der Waals surface area contributed by atoms with Gasteiger partial charge in [0.05, 0.1) is 5.56 Å². The summed E-state index contributed by atoms with van der Waals surface area (Å²) >= 11 is 0. The maximum atomic E-state index is 12.4. The number of alkyl halides is 5. The van der Waals surface area contributed by atoms with Crippen LogP contribution in [0.5, 0.6) is 11.5 Å². The van der Waals surface area contributed by atoms with Crippen LogP contribution in [0.15, 0.2) is 48.5 Å². The normalized spacial score (nSPS) is 11.3. The summed E-state index contributed by atoms with van der Waals surface area (Å²) in [5.41, 5.74) is 0.163. The van der Waals surface area contributed by atoms with Gasteiger partial charge in [-0.2, -0.15) is 27.2 Å². The van der Waals surface area contributed by atoms with Crippen molar-refractivity contribution in [1.82, 2.24) is 0 Å². The van der Waals surface area contributed by atoms with Crippen LogP contribution in [0.4, 0.5) is 27.6 Å². The van der Waals surface area contributed by atoms with Crippen LogP contribution in [-0.4, -0.2) is 25.3 Å². The molecular weight excluding hydrogens is 399 g/mol. The second-order valence-corrected chi connectivity index (χ2v) is 5.47. The van der Waals surface area contributed by atoms with E-state index in [2.05, 4.69) is 14.8 Å². The fourth-order valence-electron chi connectivity index (χ4n) is 2.15. The summed E-state index contributed by atoms with van der Waals surface area (Å²) in [4.78, 5) is 12.0. The average Bonchev–Trinajstić information content (AvgIpc) is 2.65. The second-order valence-electron chi connectivity index (χ2n) is 5.47. The molecule has 0 unspecified atom stereocenters. The third-order valence-corrected chi connectivity index (χ3v) is 3.31. The molecule has 0 aliphatic carbocycles. The number of nitrogens with one attached hydrogen (secondary N) is 1. The lowest BCUT2D eigenvalue weighted by atomic mass is 10.1. The van der Waals surface area contributed by atoms with Crippen molar-refractivity contribution in [3.05, 3.63) is 59.7 Å². The number of nitrogens with zero attached hydrogens (tertiary/aromatic N) is 1. The molecule has 152 valence electrons. The molecule has 2 rings (SSSR count). The molecule has 1 N–H and O–H groups in total. The van der Waals surface area contributed by atoms with E-state index in [1.165, 1.54) is 30.3 Å². The van der Waals surface area contributed by atoms with Crippen molar-refractivity contribution in [2.45, 2.75) is 12.8 Å². The summed E-state index contributed by atoms with van der Waals surface area (Å²) in [6.45, 7) is -4.59. The van der Waals surface area contributed by atoms with Crippen molar-refractivity contribution in [3.8, 4) is 17.6 Å². The topological polar surface area (TPSA) is 71.4 Å². The van der Waals surface area contributed by atoms with E-state index in [9.17, 15) is 26.7 Å². The van der Waals surface area contributed by atoms with Crippen LogP contribution in [0, 0.1) is 11.3 Å². The van der Waals surface area contributed by atoms with E-state index in [4.69, 9.17) is 5.26 Å². The molecule has 5 nitrogen and oxygen atoms in total. The van der Waals surface area contributed by atoms with E-state index in [0.717, 1.165) is 18.2 Å². The first-order chi connectivity index (χ1) is 13.7. The van der Waals surface area contributed by atoms with Crippen LogP contribution in [0.2, 0.25) is 0 Å². The van der Waals surface area contributed by atoms with Gasteiger partial charge in [-0.05, 0) is 30.3 Å². The van der Waals surface area contributed by atoms with Crippen molar-refractivity contribution in [1.29, 1.82) is 5.26 Å². The number of rotatable bonds is 7. The number of carbonyl (C=O) groups is 1. The number of ether oxygens (including phenoxy) is 2. The van der Waals surface area contributed by atoms with Crippen LogP contribution >= 0.6 is 0 Å². The Balaban J connectivity index is 2.08. The third-order valence-electron chi connectivity index (χ3n) is 3.31. The zero-order valence-corrected chi connectivity index (χ0v) is 14.5. The van der Waals surface area contributed by atoms with Crippen molar-refractivity contribution >= 4 is 17.7 Å². The molecule has 0 aliphatic rings. The zero-order chi connectivity index (χ0) is 21.4. The SMILES string of the molecule is N#Cc1cc(NC(=O)C=Cc2ccccc2OC(F)F)ccc1OCC(F)(F)F. The lowest BCUT2D eigenvalue weighted by Gasteiger charge is -2.11. The molecule has 0 aromatic heterocycles. The van der Waals surface area contributed by atoms with Crippen LogP contribution in [0.25, 0.3) is 6.08 Å². The molecule has 0 radical (unpaired) electrons. The number of hydrogen-bond acceptors (Lipinski definition) is 4. The number of carbonyl (C=O) groups excluding carboxylic acids is 1. The van der Waals surface area contributed by atoms with Gasteiger partial charge in [-0.25, -0.2) is 0 Å². The minimum atomic E-state index is -4.56. The first kappa shape index (κ1) is 21.7. The van der Waals surface area contributed by atoms with Gasteiger partial charge in [-0.15, -0.1) is 0 Å². The smallest absolute Gasteiger partial charge is 0.422 e. The molecule has 0 fully saturated rings. The van der Waals surface area contributed by atoms with E-state index in [1.54, 1.807) is 12.1 Å². The molecule has 0 aliphatic heterocycles. The molecular formula is C19H13F5N2O3. The maximum absolute atomic E-state index is 12.4. The Hall–Kier alpha value is -3.61. The summed E-state index contributed by atoms with van der Waals surface area (Å²) in [5.74, 6) is -1.06. The number of halogens is 5. The van der Waals surface area contributed by atoms with Gasteiger partial charge in [0.2, 0.25) is 5.91 Å². The quantitative estimate of drug-likeness (QED) is 0.526. The number of benzene rings is 2. The summed E-state index contributed by atoms with van der Waals surface area (Å²) in [7, 11) is 0. The maximum Gasteiger partial charge on any atom is 0.422 e. The number of anilines is 1. The minimum absolute atomic E-state index is 0.121. The Kier molecular flexibility index (Phi) is 7.14. The average molecular weight is 412 g/mol. The van der Waals surface area contributed by atoms with E-state index in [-0.39, 0.29) is 28.3 Å². The van der Waals surface area contributed by atoms with Gasteiger partial charge in [-0.3, -0.25) is 4.79 Å². The van der Waals surface area contributed by atoms with Gasteiger partial charge in [-0.1, -0.05) is 18.2 Å². The van der Waals surface area contributed by atoms with Crippen LogP contribution in [-0.2, 0) is 4.79 Å². The molecule has 29 heavy (non-hydrogen) atoms. The zero-order valence-electron chi connectivity index (χ0n) is 14.5. The van der Waals surface area contributed by atoms with Crippen LogP contribution < -0.4 is 14.8 Å². The van der Waals surface area contributed by atoms with E-state index < -0.39 is 25.3 Å². The summed E-state index contributed by atoms with van der Waals surface area (Å²) in [6.07, 6.45) is -2.26. The Morgan fingerprint density at radius 1 is 1.17 bits per heavy atom. The Morgan fingerprint density at radius 3 is 2.55 bits per heavy atom. The monoisotopic (exact) mass is 412 g/mol. The molecule has 0 bridgehead atoms. The van der Waals surface area contributed by atoms with Crippen LogP contribution in [0.1, 0.15) is 11.1 Å². The van der Waals surface area contributed by atoms with Gasteiger partial charge in [0.25, 0.3) is 0 Å². The van der Waals surface area contributed by atoms with Crippen molar-refractivity contribution in [3.63, 3.8) is 0 Å². The van der Waals surface area contributed by atoms with Crippen molar-refractivity contribution in [2.24, 2.45) is 0 Å². The largest absolute Gasteiger partial charge is 0.483 e. The number of amides is 1. The Labute approximate surface area is 162 Å². The van der Waals surface area contributed by atoms with E-state index >= 15 is 0 Å². The highest BCUT2D eigenvalue weighted by atomic mass is 19.4. The molecule has 2 aromatic carbocycles. The predicted octanol–water partition coefficient (Wildman–Crippen LogP) is 4.75. The van der Waals surface area contributed by atoms with Gasteiger partial charge in [0.1, 0.15) is 17.6 Å². The van der Waals surface area contributed by atoms with E-state index in [0.29, 0.717) is 0 Å². The highest BCUT2D eigenvalue weighted by Crippen LogP contribution is 2.25. The predicted molar refractivity (Wildman–Crippen MR) is 93.4 cm³/mol. The summed E-state index contributed by atoms with van der Waals surface area (Å²) < 4.78 is 70.4. The third kappa shape index (κ3) is 7.14. The number of nitriles is 1. The fraction of sp³-hybridized carbons (Fsp3) is 0.158. The standard InChI is InChI=1S/C19H13F5N2O3/c20-18(21)29-16-4-2-1-3-12(16)5-8-17(27)26-14-6-7-15(13(9-14)10-25)28-11-19(22,23)24/h1-9,18H,11H2,(H,26,27). The highest BCUT2D eigenvalue weighted by Gasteiger charge is 2.28. The molecule has 0 saturated heterocycles. The van der Waals surface area contributed by atoms with Gasteiger partial charge in [0, 0.05) is 17.3 Å². The summed E-state index contributed by atoms with van der Waals surface area (Å²) in [5, 5.41) is 11.5. The lowest BCUT2D eigenvalue weighted by Crippen LogP contribution is -2.19. The molecule has 0 atom stereocenters. The highest BCUT2D eigenvalue weighted by molar-refractivity contribution is 6.02. The van der Waals surface area contributed by atoms with E-state index in [1.807, 2.05) is 0 Å². The molecule has 2 aromatic rings.